The summed E-state index contributed by atoms with van der Waals surface area (Å²) >= 11 is 24.5. The van der Waals surface area contributed by atoms with E-state index < -0.39 is 0 Å². The fourth-order valence-electron chi connectivity index (χ4n) is 20.8. The lowest BCUT2D eigenvalue weighted by atomic mass is 9.78. The monoisotopic (exact) mass is 1940 g/mol. The van der Waals surface area contributed by atoms with E-state index in [1.165, 1.54) is 172 Å². The molecule has 0 bridgehead atoms. The zero-order valence-corrected chi connectivity index (χ0v) is 83.5. The van der Waals surface area contributed by atoms with Crippen molar-refractivity contribution in [2.45, 2.75) is 152 Å². The number of unbranched alkanes of at least 4 members (excludes halogenated alkanes) is 1. The van der Waals surface area contributed by atoms with Crippen molar-refractivity contribution < 1.29 is 5.11 Å². The van der Waals surface area contributed by atoms with E-state index in [9.17, 15) is 0 Å². The zero-order chi connectivity index (χ0) is 96.3. The Hall–Kier alpha value is -12.8. The van der Waals surface area contributed by atoms with E-state index >= 15 is 0 Å². The quantitative estimate of drug-likeness (QED) is 0.0328. The molecule has 0 amide bonds. The Labute approximate surface area is 850 Å². The van der Waals surface area contributed by atoms with Crippen LogP contribution in [0, 0.1) is 0 Å². The minimum Gasteiger partial charge on any atom is -0.396 e. The first-order valence-corrected chi connectivity index (χ1v) is 51.7. The smallest absolute Gasteiger partial charge is 0.227 e. The first kappa shape index (κ1) is 97.0. The third kappa shape index (κ3) is 24.5. The first-order chi connectivity index (χ1) is 69.2. The predicted octanol–water partition coefficient (Wildman–Crippen LogP) is 28.6. The lowest BCUT2D eigenvalue weighted by Gasteiger charge is -2.31. The van der Waals surface area contributed by atoms with Gasteiger partial charge in [0.15, 0.2) is 0 Å². The van der Waals surface area contributed by atoms with E-state index in [1.54, 1.807) is 0 Å². The average molecular weight is 1940 g/mol. The van der Waals surface area contributed by atoms with Gasteiger partial charge in [-0.15, -0.1) is 0 Å². The Bertz CT molecular complexity index is 6870. The summed E-state index contributed by atoms with van der Waals surface area (Å²) in [5.74, 6) is 3.52. The number of hydrogen-bond acceptors (Lipinski definition) is 16. The number of piperidine rings is 1. The largest absolute Gasteiger partial charge is 0.396 e. The molecule has 4 unspecified atom stereocenters. The summed E-state index contributed by atoms with van der Waals surface area (Å²) < 4.78 is 0. The number of fused-ring (bicyclic) bond motifs is 12. The predicted molar refractivity (Wildman–Crippen MR) is 581 cm³/mol. The molecule has 6 aliphatic rings. The summed E-state index contributed by atoms with van der Waals surface area (Å²) in [6, 6.07) is 102. The lowest BCUT2D eigenvalue weighted by Crippen LogP contribution is -2.34. The molecule has 4 aromatic heterocycles. The van der Waals surface area contributed by atoms with Gasteiger partial charge in [-0.1, -0.05) is 280 Å². The summed E-state index contributed by atoms with van der Waals surface area (Å²) in [4.78, 5) is 45.9. The maximum atomic E-state index is 9.08. The molecular formula is C121H121Cl4N15O. The highest BCUT2D eigenvalue weighted by Gasteiger charge is 2.33. The van der Waals surface area contributed by atoms with Crippen LogP contribution in [-0.4, -0.2) is 126 Å². The zero-order valence-electron chi connectivity index (χ0n) is 80.5. The molecule has 141 heavy (non-hydrogen) atoms. The summed E-state index contributed by atoms with van der Waals surface area (Å²) in [6.45, 7) is 9.39. The van der Waals surface area contributed by atoms with Crippen LogP contribution in [0.15, 0.2) is 316 Å². The summed E-state index contributed by atoms with van der Waals surface area (Å²) in [7, 11) is 4.49. The highest BCUT2D eigenvalue weighted by Crippen LogP contribution is 2.48. The molecule has 16 nitrogen and oxygen atoms in total. The van der Waals surface area contributed by atoms with Crippen LogP contribution in [0.4, 0.5) is 46.5 Å². The van der Waals surface area contributed by atoms with Crippen LogP contribution < -0.4 is 21.3 Å². The van der Waals surface area contributed by atoms with Gasteiger partial charge < -0.3 is 41.1 Å². The maximum Gasteiger partial charge on any atom is 0.227 e. The maximum absolute atomic E-state index is 9.08. The van der Waals surface area contributed by atoms with Gasteiger partial charge in [0.2, 0.25) is 23.8 Å². The topological polar surface area (TPSA) is 181 Å². The normalized spacial score (nSPS) is 15.9. The number of likely N-dealkylation sites (tertiary alicyclic amines) is 1. The van der Waals surface area contributed by atoms with Gasteiger partial charge in [0.25, 0.3) is 0 Å². The summed E-state index contributed by atoms with van der Waals surface area (Å²) in [5, 5.41) is 25.7. The van der Waals surface area contributed by atoms with Gasteiger partial charge in [0.1, 0.15) is 0 Å². The molecule has 4 atom stereocenters. The van der Waals surface area contributed by atoms with Gasteiger partial charge in [0.05, 0.1) is 22.8 Å². The number of hydrogen-bond donors (Lipinski definition) is 5. The Morgan fingerprint density at radius 2 is 0.617 bits per heavy atom. The van der Waals surface area contributed by atoms with Crippen LogP contribution in [0.5, 0.6) is 0 Å². The molecule has 0 spiro atoms. The van der Waals surface area contributed by atoms with Crippen molar-refractivity contribution in [2.75, 3.05) is 81.2 Å². The number of nitrogens with one attached hydrogen (secondary N) is 4. The molecule has 5 N–H and O–H groups in total. The number of benzene rings is 12. The lowest BCUT2D eigenvalue weighted by molar-refractivity contribution is 0.194. The van der Waals surface area contributed by atoms with Crippen molar-refractivity contribution in [3.8, 4) is 45.0 Å². The van der Waals surface area contributed by atoms with Crippen molar-refractivity contribution in [3.63, 3.8) is 0 Å². The standard InChI is InChI=1S/C33H35ClN4.C31H31ClN4.C31H33ClN4.C26H22ClN3O/c1-38(28-7-3-2-4-8-28)20-19-23-11-17-27(18-12-23)36-33-35-22-25-21-31(24-13-15-26(34)16-14-24)29-9-5-6-10-30(29)32(25)37-33;32-25-12-10-23(11-13-25)29-20-24-21-33-31(35-30(24)28-7-3-2-6-27(28)29)34-26-14-8-22(9-15-26)16-19-36-17-4-1-5-18-36;1-3-4-18-36(2)19-17-22-9-15-26(16-10-22)34-31-33-21-24-20-29(23-11-13-25(32)14-12-23)27-7-5-6-8-28(27)30(24)35-31;27-20-9-7-18(8-10-20)24-15-19-16-28-26(29-21-11-5-17(6-12-21)13-14-31)30-25(19)23-4-2-1-3-22(23)24/h5-6,9-18,22,28,31H,2-4,7-8,19-21H2,1H3,(H,35,36,37);2-3,6-15,21,29H,1,4-5,16-20H2,(H,33,34,35);5-16,21,29H,3-4,17-20H2,1-2H3,(H,33,34,35);1-12,16,24,31H,13-15H2,(H,28,29,30). The second-order valence-electron chi connectivity index (χ2n) is 38.2. The first-order valence-electron chi connectivity index (χ1n) is 50.2. The molecule has 1 aliphatic heterocycles. The Morgan fingerprint density at radius 3 is 0.929 bits per heavy atom. The van der Waals surface area contributed by atoms with Gasteiger partial charge in [-0.3, -0.25) is 0 Å². The molecule has 2 fully saturated rings. The molecule has 12 aromatic carbocycles. The van der Waals surface area contributed by atoms with Crippen molar-refractivity contribution >= 4 is 92.9 Å². The minimum atomic E-state index is 0.150. The fraction of sp³-hybridized carbons (Fsp3) is 0.273. The van der Waals surface area contributed by atoms with Crippen LogP contribution in [0.25, 0.3) is 45.0 Å². The van der Waals surface area contributed by atoms with Gasteiger partial charge >= 0.3 is 0 Å². The molecule has 714 valence electrons. The highest BCUT2D eigenvalue weighted by molar-refractivity contribution is 6.31. The van der Waals surface area contributed by atoms with Crippen LogP contribution in [-0.2, 0) is 51.4 Å². The van der Waals surface area contributed by atoms with Crippen molar-refractivity contribution in [3.05, 3.63) is 425 Å². The van der Waals surface area contributed by atoms with Crippen molar-refractivity contribution in [1.82, 2.24) is 54.6 Å². The number of anilines is 8. The minimum absolute atomic E-state index is 0.150. The van der Waals surface area contributed by atoms with Gasteiger partial charge in [-0.2, -0.15) is 0 Å². The van der Waals surface area contributed by atoms with Crippen LogP contribution in [0.3, 0.4) is 0 Å². The average Bonchev–Trinajstić information content (AvgIpc) is 0.771. The van der Waals surface area contributed by atoms with E-state index in [-0.39, 0.29) is 30.3 Å². The number of halogens is 4. The Balaban J connectivity index is 0.000000120. The SMILES string of the molecule is CCCCN(C)CCc1ccc(Nc2ncc3c(n2)-c2ccccc2C(c2ccc(Cl)cc2)C3)cc1.CN(CCc1ccc(Nc2ncc3c(n2)-c2ccccc2C(c2ccc(Cl)cc2)C3)cc1)C1CCCCC1.Clc1ccc(C2Cc3cnc(Nc4ccc(CCN5CCCCC5)cc4)nc3-c3ccccc32)cc1.OCCc1ccc(Nc2ncc3c(n2)-c2ccccc2C(c2ccc(Cl)cc2)C3)cc1. The summed E-state index contributed by atoms with van der Waals surface area (Å²) in [5.41, 5.74) is 32.7. The van der Waals surface area contributed by atoms with Crippen LogP contribution in [0.2, 0.25) is 20.1 Å². The summed E-state index contributed by atoms with van der Waals surface area (Å²) in [6.07, 6.45) is 28.7. The molecule has 5 heterocycles. The van der Waals surface area contributed by atoms with E-state index in [2.05, 4.69) is 295 Å². The molecule has 1 saturated carbocycles. The molecule has 5 aliphatic carbocycles. The Morgan fingerprint density at radius 1 is 0.326 bits per heavy atom. The van der Waals surface area contributed by atoms with Gasteiger partial charge in [-0.05, 0) is 303 Å². The third-order valence-electron chi connectivity index (χ3n) is 28.6. The fourth-order valence-corrected chi connectivity index (χ4v) is 21.3. The Kier molecular flexibility index (Phi) is 32.1. The van der Waals surface area contributed by atoms with Gasteiger partial charge in [-0.25, -0.2) is 39.9 Å². The van der Waals surface area contributed by atoms with E-state index in [4.69, 9.17) is 71.4 Å². The second kappa shape index (κ2) is 46.7. The number of nitrogens with zero attached hydrogens (tertiary/aromatic N) is 11. The van der Waals surface area contributed by atoms with Gasteiger partial charge in [0, 0.05) is 146 Å². The number of aliphatic hydroxyl groups is 1. The van der Waals surface area contributed by atoms with Crippen molar-refractivity contribution in [1.29, 1.82) is 0 Å². The second-order valence-corrected chi connectivity index (χ2v) is 39.9. The third-order valence-corrected chi connectivity index (χ3v) is 29.7. The van der Waals surface area contributed by atoms with E-state index in [0.717, 1.165) is 159 Å². The molecule has 1 saturated heterocycles. The molecule has 20 heteroatoms. The van der Waals surface area contributed by atoms with Crippen molar-refractivity contribution in [2.24, 2.45) is 0 Å². The van der Waals surface area contributed by atoms with Crippen LogP contribution >= 0.6 is 46.4 Å². The number of likely N-dealkylation sites (N-methyl/N-ethyl adjacent to an activating group) is 2. The molecule has 16 aromatic rings. The van der Waals surface area contributed by atoms with E-state index in [0.29, 0.717) is 30.2 Å². The highest BCUT2D eigenvalue weighted by atomic mass is 35.5. The van der Waals surface area contributed by atoms with E-state index in [1.807, 2.05) is 97.6 Å². The molecule has 22 rings (SSSR count). The molecule has 0 radical (unpaired) electrons. The number of aliphatic hydroxyl groups excluding tert-OH is 1. The van der Waals surface area contributed by atoms with Crippen LogP contribution in [0.1, 0.15) is 184 Å². The number of aromatic nitrogens is 8. The molecular weight excluding hydrogens is 1820 g/mol. The number of rotatable bonds is 27.